The van der Waals surface area contributed by atoms with Crippen LogP contribution in [0.3, 0.4) is 0 Å². The molecule has 0 aromatic heterocycles. The molecule has 33 heavy (non-hydrogen) atoms. The molecule has 5 rings (SSSR count). The van der Waals surface area contributed by atoms with E-state index in [1.807, 2.05) is 79.7 Å². The first-order valence-electron chi connectivity index (χ1n) is 10.6. The zero-order valence-electron chi connectivity index (χ0n) is 17.9. The SMILES string of the molecule is Cc1ccc(N2C(=O)/C(=C\c3ccccc3)C(=O)N(c3cccc4ccccc34)C2=O)cc1. The van der Waals surface area contributed by atoms with Crippen molar-refractivity contribution in [2.24, 2.45) is 0 Å². The van der Waals surface area contributed by atoms with Gasteiger partial charge < -0.3 is 0 Å². The van der Waals surface area contributed by atoms with Crippen molar-refractivity contribution < 1.29 is 14.4 Å². The fourth-order valence-corrected chi connectivity index (χ4v) is 3.98. The highest BCUT2D eigenvalue weighted by atomic mass is 16.2. The Kier molecular flexibility index (Phi) is 5.07. The van der Waals surface area contributed by atoms with Crippen LogP contribution in [-0.2, 0) is 9.59 Å². The van der Waals surface area contributed by atoms with Crippen LogP contribution in [0.15, 0.2) is 103 Å². The van der Waals surface area contributed by atoms with Gasteiger partial charge in [0.15, 0.2) is 0 Å². The second-order valence-corrected chi connectivity index (χ2v) is 7.87. The Labute approximate surface area is 191 Å². The van der Waals surface area contributed by atoms with Gasteiger partial charge in [-0.25, -0.2) is 14.6 Å². The lowest BCUT2D eigenvalue weighted by atomic mass is 10.0. The van der Waals surface area contributed by atoms with E-state index in [1.165, 1.54) is 6.08 Å². The monoisotopic (exact) mass is 432 g/mol. The average molecular weight is 432 g/mol. The third kappa shape index (κ3) is 3.59. The molecule has 4 amide bonds. The molecule has 1 fully saturated rings. The number of urea groups is 1. The van der Waals surface area contributed by atoms with Crippen LogP contribution in [0.1, 0.15) is 11.1 Å². The van der Waals surface area contributed by atoms with Gasteiger partial charge in [0.25, 0.3) is 11.8 Å². The number of nitrogens with zero attached hydrogens (tertiary/aromatic N) is 2. The molecule has 0 spiro atoms. The van der Waals surface area contributed by atoms with Gasteiger partial charge in [0.1, 0.15) is 5.57 Å². The van der Waals surface area contributed by atoms with Crippen molar-refractivity contribution in [2.75, 3.05) is 9.80 Å². The summed E-state index contributed by atoms with van der Waals surface area (Å²) >= 11 is 0. The smallest absolute Gasteiger partial charge is 0.268 e. The third-order valence-electron chi connectivity index (χ3n) is 5.66. The van der Waals surface area contributed by atoms with Gasteiger partial charge in [-0.1, -0.05) is 84.4 Å². The first-order chi connectivity index (χ1) is 16.0. The van der Waals surface area contributed by atoms with E-state index in [2.05, 4.69) is 0 Å². The van der Waals surface area contributed by atoms with Crippen molar-refractivity contribution in [1.29, 1.82) is 0 Å². The van der Waals surface area contributed by atoms with Gasteiger partial charge in [0, 0.05) is 5.39 Å². The number of barbiturate groups is 1. The molecule has 1 heterocycles. The van der Waals surface area contributed by atoms with Crippen LogP contribution in [-0.4, -0.2) is 17.8 Å². The van der Waals surface area contributed by atoms with E-state index < -0.39 is 17.8 Å². The Balaban J connectivity index is 1.72. The lowest BCUT2D eigenvalue weighted by molar-refractivity contribution is -0.121. The minimum atomic E-state index is -0.699. The Morgan fingerprint density at radius 3 is 2.03 bits per heavy atom. The number of aryl methyl sites for hydroxylation is 1. The lowest BCUT2D eigenvalue weighted by Crippen LogP contribution is -2.57. The van der Waals surface area contributed by atoms with Gasteiger partial charge in [-0.3, -0.25) is 9.59 Å². The van der Waals surface area contributed by atoms with Crippen LogP contribution in [0.4, 0.5) is 16.2 Å². The van der Waals surface area contributed by atoms with E-state index in [1.54, 1.807) is 24.3 Å². The number of rotatable bonds is 3. The number of anilines is 2. The number of fused-ring (bicyclic) bond motifs is 1. The third-order valence-corrected chi connectivity index (χ3v) is 5.66. The molecule has 5 nitrogen and oxygen atoms in total. The summed E-state index contributed by atoms with van der Waals surface area (Å²) in [6.45, 7) is 1.93. The largest absolute Gasteiger partial charge is 0.343 e. The Hall–Kier alpha value is -4.51. The molecule has 1 saturated heterocycles. The maximum atomic E-state index is 13.7. The molecule has 0 saturated carbocycles. The highest BCUT2D eigenvalue weighted by Crippen LogP contribution is 2.33. The van der Waals surface area contributed by atoms with Crippen LogP contribution in [0.2, 0.25) is 0 Å². The van der Waals surface area contributed by atoms with E-state index in [0.717, 1.165) is 26.1 Å². The highest BCUT2D eigenvalue weighted by Gasteiger charge is 2.44. The fourth-order valence-electron chi connectivity index (χ4n) is 3.98. The normalized spacial score (nSPS) is 15.5. The maximum Gasteiger partial charge on any atom is 0.343 e. The Morgan fingerprint density at radius 2 is 1.27 bits per heavy atom. The Morgan fingerprint density at radius 1 is 0.636 bits per heavy atom. The van der Waals surface area contributed by atoms with Crippen LogP contribution < -0.4 is 9.80 Å². The summed E-state index contributed by atoms with van der Waals surface area (Å²) in [5, 5.41) is 1.64. The number of hydrogen-bond donors (Lipinski definition) is 0. The van der Waals surface area contributed by atoms with E-state index >= 15 is 0 Å². The maximum absolute atomic E-state index is 13.7. The number of amides is 4. The summed E-state index contributed by atoms with van der Waals surface area (Å²) in [6, 6.07) is 28.5. The van der Waals surface area contributed by atoms with Crippen molar-refractivity contribution in [1.82, 2.24) is 0 Å². The van der Waals surface area contributed by atoms with Crippen molar-refractivity contribution >= 4 is 46.1 Å². The molecule has 0 atom stereocenters. The molecule has 0 N–H and O–H groups in total. The van der Waals surface area contributed by atoms with Gasteiger partial charge in [0.2, 0.25) is 0 Å². The lowest BCUT2D eigenvalue weighted by Gasteiger charge is -2.34. The summed E-state index contributed by atoms with van der Waals surface area (Å²) in [6.07, 6.45) is 1.54. The van der Waals surface area contributed by atoms with E-state index in [9.17, 15) is 14.4 Å². The summed E-state index contributed by atoms with van der Waals surface area (Å²) in [4.78, 5) is 42.9. The summed E-state index contributed by atoms with van der Waals surface area (Å²) in [7, 11) is 0. The predicted molar refractivity (Wildman–Crippen MR) is 130 cm³/mol. The van der Waals surface area contributed by atoms with E-state index in [4.69, 9.17) is 0 Å². The molecule has 0 bridgehead atoms. The molecule has 1 aliphatic heterocycles. The number of benzene rings is 4. The molecule has 0 unspecified atom stereocenters. The Bertz CT molecular complexity index is 1420. The second-order valence-electron chi connectivity index (χ2n) is 7.87. The van der Waals surface area contributed by atoms with Crippen molar-refractivity contribution in [3.05, 3.63) is 114 Å². The van der Waals surface area contributed by atoms with E-state index in [0.29, 0.717) is 16.9 Å². The number of carbonyl (C=O) groups is 3. The van der Waals surface area contributed by atoms with Crippen LogP contribution in [0.25, 0.3) is 16.8 Å². The summed E-state index contributed by atoms with van der Waals surface area (Å²) < 4.78 is 0. The fraction of sp³-hybridized carbons (Fsp3) is 0.0357. The van der Waals surface area contributed by atoms with Gasteiger partial charge in [-0.15, -0.1) is 0 Å². The van der Waals surface area contributed by atoms with Gasteiger partial charge in [0.05, 0.1) is 11.4 Å². The molecule has 0 radical (unpaired) electrons. The first kappa shape index (κ1) is 20.4. The van der Waals surface area contributed by atoms with Crippen molar-refractivity contribution in [3.8, 4) is 0 Å². The van der Waals surface area contributed by atoms with Crippen LogP contribution in [0, 0.1) is 6.92 Å². The van der Waals surface area contributed by atoms with Crippen molar-refractivity contribution in [3.63, 3.8) is 0 Å². The molecule has 5 heteroatoms. The van der Waals surface area contributed by atoms with Gasteiger partial charge in [-0.05, 0) is 42.1 Å². The second kappa shape index (κ2) is 8.20. The molecule has 4 aromatic rings. The quantitative estimate of drug-likeness (QED) is 0.307. The minimum absolute atomic E-state index is 0.0747. The highest BCUT2D eigenvalue weighted by molar-refractivity contribution is 6.46. The zero-order valence-corrected chi connectivity index (χ0v) is 17.9. The number of imide groups is 2. The van der Waals surface area contributed by atoms with Gasteiger partial charge in [-0.2, -0.15) is 0 Å². The number of carbonyl (C=O) groups excluding carboxylic acids is 3. The molecule has 4 aromatic carbocycles. The summed E-state index contributed by atoms with van der Waals surface area (Å²) in [5.74, 6) is -1.29. The zero-order chi connectivity index (χ0) is 22.9. The number of hydrogen-bond acceptors (Lipinski definition) is 3. The minimum Gasteiger partial charge on any atom is -0.268 e. The van der Waals surface area contributed by atoms with Crippen LogP contribution in [0.5, 0.6) is 0 Å². The van der Waals surface area contributed by atoms with Gasteiger partial charge >= 0.3 is 6.03 Å². The van der Waals surface area contributed by atoms with Crippen molar-refractivity contribution in [2.45, 2.75) is 6.92 Å². The summed E-state index contributed by atoms with van der Waals surface area (Å²) in [5.41, 5.74) is 2.47. The first-order valence-corrected chi connectivity index (χ1v) is 10.6. The van der Waals surface area contributed by atoms with E-state index in [-0.39, 0.29) is 5.57 Å². The predicted octanol–water partition coefficient (Wildman–Crippen LogP) is 5.73. The molecule has 160 valence electrons. The molecular formula is C28H20N2O3. The molecule has 0 aliphatic carbocycles. The standard InChI is InChI=1S/C28H20N2O3/c1-19-14-16-22(17-15-19)29-26(31)24(18-20-8-3-2-4-9-20)27(32)30(28(29)33)25-13-7-11-21-10-5-6-12-23(21)25/h2-18H,1H3/b24-18+. The molecular weight excluding hydrogens is 412 g/mol. The average Bonchev–Trinajstić information content (AvgIpc) is 2.84. The topological polar surface area (TPSA) is 57.7 Å². The van der Waals surface area contributed by atoms with Crippen LogP contribution >= 0.6 is 0 Å². The molecule has 1 aliphatic rings.